The van der Waals surface area contributed by atoms with E-state index < -0.39 is 0 Å². The zero-order valence-electron chi connectivity index (χ0n) is 15.7. The van der Waals surface area contributed by atoms with Crippen LogP contribution in [0.3, 0.4) is 0 Å². The van der Waals surface area contributed by atoms with E-state index in [4.69, 9.17) is 0 Å². The standard InChI is InChI=1S/C23H19N5O/c29-23(27-18-10-4-8-15-9-5-13-24-21(15)18)19-14-20(25-17-11-12-17)28-22(26-19)16-6-2-1-3-7-16/h1-10,13-14,17H,11-12H2,(H,27,29)(H,25,26,28). The summed E-state index contributed by atoms with van der Waals surface area (Å²) in [4.78, 5) is 26.6. The summed E-state index contributed by atoms with van der Waals surface area (Å²) in [5.41, 5.74) is 2.59. The lowest BCUT2D eigenvalue weighted by Crippen LogP contribution is -2.16. The molecule has 2 aromatic heterocycles. The van der Waals surface area contributed by atoms with E-state index >= 15 is 0 Å². The smallest absolute Gasteiger partial charge is 0.274 e. The molecule has 1 amide bonds. The quantitative estimate of drug-likeness (QED) is 0.531. The molecule has 0 radical (unpaired) electrons. The van der Waals surface area contributed by atoms with E-state index in [0.717, 1.165) is 29.3 Å². The van der Waals surface area contributed by atoms with Gasteiger partial charge < -0.3 is 10.6 Å². The Labute approximate surface area is 168 Å². The number of amides is 1. The SMILES string of the molecule is O=C(Nc1cccc2cccnc12)c1cc(NC2CC2)nc(-c2ccccc2)n1. The van der Waals surface area contributed by atoms with Gasteiger partial charge in [-0.25, -0.2) is 9.97 Å². The third-order valence-corrected chi connectivity index (χ3v) is 4.80. The van der Waals surface area contributed by atoms with Crippen LogP contribution in [0, 0.1) is 0 Å². The maximum absolute atomic E-state index is 13.0. The van der Waals surface area contributed by atoms with Gasteiger partial charge in [-0.15, -0.1) is 0 Å². The van der Waals surface area contributed by atoms with E-state index in [1.165, 1.54) is 0 Å². The van der Waals surface area contributed by atoms with Crippen LogP contribution in [0.25, 0.3) is 22.3 Å². The van der Waals surface area contributed by atoms with Crippen LogP contribution in [0.15, 0.2) is 72.9 Å². The average Bonchev–Trinajstić information content (AvgIpc) is 3.58. The summed E-state index contributed by atoms with van der Waals surface area (Å²) in [6, 6.07) is 21.4. The number of benzene rings is 2. The van der Waals surface area contributed by atoms with Gasteiger partial charge in [-0.2, -0.15) is 0 Å². The lowest BCUT2D eigenvalue weighted by molar-refractivity contribution is 0.102. The van der Waals surface area contributed by atoms with Crippen molar-refractivity contribution in [3.05, 3.63) is 78.6 Å². The van der Waals surface area contributed by atoms with Crippen LogP contribution in [-0.2, 0) is 0 Å². The Balaban J connectivity index is 1.51. The second kappa shape index (κ2) is 7.31. The highest BCUT2D eigenvalue weighted by Crippen LogP contribution is 2.26. The number of anilines is 2. The highest BCUT2D eigenvalue weighted by atomic mass is 16.1. The van der Waals surface area contributed by atoms with Crippen molar-refractivity contribution in [3.63, 3.8) is 0 Å². The first-order valence-corrected chi connectivity index (χ1v) is 9.62. The summed E-state index contributed by atoms with van der Waals surface area (Å²) < 4.78 is 0. The van der Waals surface area contributed by atoms with Gasteiger partial charge in [0.05, 0.1) is 11.2 Å². The predicted molar refractivity (Wildman–Crippen MR) is 114 cm³/mol. The third-order valence-electron chi connectivity index (χ3n) is 4.80. The Hall–Kier alpha value is -3.80. The van der Waals surface area contributed by atoms with Crippen molar-refractivity contribution in [2.24, 2.45) is 0 Å². The summed E-state index contributed by atoms with van der Waals surface area (Å²) in [5, 5.41) is 7.29. The number of aromatic nitrogens is 3. The largest absolute Gasteiger partial charge is 0.367 e. The van der Waals surface area contributed by atoms with Crippen LogP contribution < -0.4 is 10.6 Å². The molecule has 142 valence electrons. The molecule has 2 heterocycles. The molecule has 0 saturated heterocycles. The minimum absolute atomic E-state index is 0.290. The van der Waals surface area contributed by atoms with Gasteiger partial charge in [0.2, 0.25) is 0 Å². The number of rotatable bonds is 5. The molecule has 2 aromatic carbocycles. The van der Waals surface area contributed by atoms with Crippen LogP contribution in [0.5, 0.6) is 0 Å². The van der Waals surface area contributed by atoms with Crippen molar-refractivity contribution in [2.45, 2.75) is 18.9 Å². The molecular formula is C23H19N5O. The second-order valence-corrected chi connectivity index (χ2v) is 7.08. The Bertz CT molecular complexity index is 1180. The third kappa shape index (κ3) is 3.78. The Morgan fingerprint density at radius 3 is 2.59 bits per heavy atom. The maximum atomic E-state index is 13.0. The molecule has 6 nitrogen and oxygen atoms in total. The number of hydrogen-bond donors (Lipinski definition) is 2. The number of nitrogens with zero attached hydrogens (tertiary/aromatic N) is 3. The fourth-order valence-corrected chi connectivity index (χ4v) is 3.18. The van der Waals surface area contributed by atoms with E-state index in [9.17, 15) is 4.79 Å². The normalized spacial score (nSPS) is 13.2. The van der Waals surface area contributed by atoms with Gasteiger partial charge >= 0.3 is 0 Å². The van der Waals surface area contributed by atoms with Crippen LogP contribution in [-0.4, -0.2) is 26.9 Å². The summed E-state index contributed by atoms with van der Waals surface area (Å²) in [7, 11) is 0. The fourth-order valence-electron chi connectivity index (χ4n) is 3.18. The Morgan fingerprint density at radius 1 is 0.931 bits per heavy atom. The number of nitrogens with one attached hydrogen (secondary N) is 2. The molecule has 29 heavy (non-hydrogen) atoms. The van der Waals surface area contributed by atoms with Crippen molar-refractivity contribution >= 4 is 28.3 Å². The summed E-state index contributed by atoms with van der Waals surface area (Å²) in [6.07, 6.45) is 3.95. The first kappa shape index (κ1) is 17.3. The molecule has 0 bridgehead atoms. The molecular weight excluding hydrogens is 362 g/mol. The van der Waals surface area contributed by atoms with Gasteiger partial charge in [0.1, 0.15) is 11.5 Å². The van der Waals surface area contributed by atoms with E-state index in [0.29, 0.717) is 29.1 Å². The van der Waals surface area contributed by atoms with Crippen molar-refractivity contribution in [3.8, 4) is 11.4 Å². The van der Waals surface area contributed by atoms with Crippen LogP contribution in [0.4, 0.5) is 11.5 Å². The zero-order valence-corrected chi connectivity index (χ0v) is 15.7. The Kier molecular flexibility index (Phi) is 4.37. The van der Waals surface area contributed by atoms with Gasteiger partial charge in [-0.05, 0) is 25.0 Å². The molecule has 1 saturated carbocycles. The number of pyridine rings is 1. The average molecular weight is 381 g/mol. The van der Waals surface area contributed by atoms with Gasteiger partial charge in [0, 0.05) is 29.3 Å². The van der Waals surface area contributed by atoms with E-state index in [1.54, 1.807) is 12.3 Å². The summed E-state index contributed by atoms with van der Waals surface area (Å²) in [6.45, 7) is 0. The lowest BCUT2D eigenvalue weighted by Gasteiger charge is -2.11. The topological polar surface area (TPSA) is 79.8 Å². The minimum Gasteiger partial charge on any atom is -0.367 e. The molecule has 1 fully saturated rings. The first-order chi connectivity index (χ1) is 14.3. The molecule has 2 N–H and O–H groups in total. The van der Waals surface area contributed by atoms with Crippen molar-refractivity contribution in [1.82, 2.24) is 15.0 Å². The highest BCUT2D eigenvalue weighted by molar-refractivity contribution is 6.07. The van der Waals surface area contributed by atoms with Crippen molar-refractivity contribution < 1.29 is 4.79 Å². The zero-order chi connectivity index (χ0) is 19.6. The second-order valence-electron chi connectivity index (χ2n) is 7.08. The summed E-state index contributed by atoms with van der Waals surface area (Å²) >= 11 is 0. The number of fused-ring (bicyclic) bond motifs is 1. The van der Waals surface area contributed by atoms with E-state index in [-0.39, 0.29) is 5.91 Å². The van der Waals surface area contributed by atoms with Gasteiger partial charge in [0.15, 0.2) is 5.82 Å². The predicted octanol–water partition coefficient (Wildman–Crippen LogP) is 4.52. The molecule has 1 aliphatic rings. The maximum Gasteiger partial charge on any atom is 0.274 e. The van der Waals surface area contributed by atoms with Crippen LogP contribution in [0.2, 0.25) is 0 Å². The van der Waals surface area contributed by atoms with Gasteiger partial charge in [-0.1, -0.05) is 48.5 Å². The number of carbonyl (C=O) groups excluding carboxylic acids is 1. The number of hydrogen-bond acceptors (Lipinski definition) is 5. The molecule has 6 heteroatoms. The fraction of sp³-hybridized carbons (Fsp3) is 0.130. The van der Waals surface area contributed by atoms with E-state index in [1.807, 2.05) is 60.7 Å². The minimum atomic E-state index is -0.290. The molecule has 0 aliphatic heterocycles. The van der Waals surface area contributed by atoms with Crippen molar-refractivity contribution in [2.75, 3.05) is 10.6 Å². The van der Waals surface area contributed by atoms with Gasteiger partial charge in [-0.3, -0.25) is 9.78 Å². The van der Waals surface area contributed by atoms with Crippen LogP contribution in [0.1, 0.15) is 23.3 Å². The molecule has 5 rings (SSSR count). The lowest BCUT2D eigenvalue weighted by atomic mass is 10.2. The summed E-state index contributed by atoms with van der Waals surface area (Å²) in [5.74, 6) is 0.904. The number of para-hydroxylation sites is 1. The molecule has 0 spiro atoms. The Morgan fingerprint density at radius 2 is 1.76 bits per heavy atom. The van der Waals surface area contributed by atoms with Gasteiger partial charge in [0.25, 0.3) is 5.91 Å². The molecule has 1 aliphatic carbocycles. The molecule has 4 aromatic rings. The molecule has 0 unspecified atom stereocenters. The molecule has 0 atom stereocenters. The highest BCUT2D eigenvalue weighted by Gasteiger charge is 2.23. The first-order valence-electron chi connectivity index (χ1n) is 9.62. The number of carbonyl (C=O) groups is 1. The van der Waals surface area contributed by atoms with Crippen LogP contribution >= 0.6 is 0 Å². The monoisotopic (exact) mass is 381 g/mol. The van der Waals surface area contributed by atoms with Crippen molar-refractivity contribution in [1.29, 1.82) is 0 Å². The van der Waals surface area contributed by atoms with E-state index in [2.05, 4.69) is 25.6 Å².